The van der Waals surface area contributed by atoms with Gasteiger partial charge in [-0.05, 0) is 29.2 Å². The summed E-state index contributed by atoms with van der Waals surface area (Å²) in [5, 5.41) is 27.1. The molecule has 0 saturated carbocycles. The van der Waals surface area contributed by atoms with E-state index in [0.717, 1.165) is 5.56 Å². The number of imidazole rings is 1. The third kappa shape index (κ3) is 9.46. The number of carbonyl (C=O) groups is 4. The van der Waals surface area contributed by atoms with E-state index in [0.29, 0.717) is 11.3 Å². The number of aromatic amines is 1. The van der Waals surface area contributed by atoms with Gasteiger partial charge in [0.15, 0.2) is 0 Å². The van der Waals surface area contributed by atoms with Gasteiger partial charge in [0.1, 0.15) is 23.9 Å². The lowest BCUT2D eigenvalue weighted by atomic mass is 9.99. The highest BCUT2D eigenvalue weighted by atomic mass is 16.4. The first-order chi connectivity index (χ1) is 19.5. The van der Waals surface area contributed by atoms with E-state index in [1.54, 1.807) is 44.3 Å². The van der Waals surface area contributed by atoms with Crippen LogP contribution in [-0.2, 0) is 38.4 Å². The maximum atomic E-state index is 13.5. The molecule has 218 valence electrons. The van der Waals surface area contributed by atoms with Gasteiger partial charge in [0, 0.05) is 31.2 Å². The molecule has 0 saturated heterocycles. The van der Waals surface area contributed by atoms with Crippen LogP contribution in [0.2, 0.25) is 0 Å². The van der Waals surface area contributed by atoms with E-state index in [2.05, 4.69) is 25.9 Å². The monoisotopic (exact) mass is 564 g/mol. The van der Waals surface area contributed by atoms with Crippen LogP contribution < -0.4 is 21.7 Å². The Bertz CT molecular complexity index is 1300. The fraction of sp³-hybridized carbons (Fsp3) is 0.345. The fourth-order valence-corrected chi connectivity index (χ4v) is 4.18. The van der Waals surface area contributed by atoms with Crippen LogP contribution in [0.25, 0.3) is 0 Å². The number of carboxylic acids is 1. The highest BCUT2D eigenvalue weighted by molar-refractivity contribution is 5.94. The van der Waals surface area contributed by atoms with Gasteiger partial charge in [0.25, 0.3) is 0 Å². The number of aromatic hydroxyl groups is 1. The number of carbonyl (C=O) groups excluding carboxylic acids is 3. The summed E-state index contributed by atoms with van der Waals surface area (Å²) >= 11 is 0. The van der Waals surface area contributed by atoms with Crippen molar-refractivity contribution in [1.82, 2.24) is 25.9 Å². The lowest BCUT2D eigenvalue weighted by Gasteiger charge is -2.27. The molecule has 4 atom stereocenters. The zero-order valence-corrected chi connectivity index (χ0v) is 22.9. The first-order valence-corrected chi connectivity index (χ1v) is 13.2. The molecule has 1 heterocycles. The third-order valence-corrected chi connectivity index (χ3v) is 6.48. The van der Waals surface area contributed by atoms with Crippen LogP contribution in [0.4, 0.5) is 0 Å². The predicted octanol–water partition coefficient (Wildman–Crippen LogP) is 0.666. The summed E-state index contributed by atoms with van der Waals surface area (Å²) in [4.78, 5) is 58.3. The fourth-order valence-electron chi connectivity index (χ4n) is 4.18. The lowest BCUT2D eigenvalue weighted by molar-refractivity contribution is -0.142. The van der Waals surface area contributed by atoms with Crippen LogP contribution in [0.1, 0.15) is 30.7 Å². The van der Waals surface area contributed by atoms with E-state index in [9.17, 15) is 29.4 Å². The number of phenols is 1. The number of hydrogen-bond donors (Lipinski definition) is 7. The van der Waals surface area contributed by atoms with Gasteiger partial charge < -0.3 is 36.9 Å². The molecule has 0 bridgehead atoms. The highest BCUT2D eigenvalue weighted by Crippen LogP contribution is 2.13. The number of carboxylic acid groups (broad SMARTS) is 1. The van der Waals surface area contributed by atoms with Crippen molar-refractivity contribution in [2.24, 2.45) is 11.7 Å². The van der Waals surface area contributed by atoms with Gasteiger partial charge in [-0.25, -0.2) is 9.78 Å². The second-order valence-corrected chi connectivity index (χ2v) is 10.1. The first-order valence-electron chi connectivity index (χ1n) is 13.2. The zero-order chi connectivity index (χ0) is 29.9. The average Bonchev–Trinajstić information content (AvgIpc) is 3.45. The maximum Gasteiger partial charge on any atom is 0.326 e. The van der Waals surface area contributed by atoms with Crippen LogP contribution in [0.3, 0.4) is 0 Å². The van der Waals surface area contributed by atoms with E-state index in [1.165, 1.54) is 18.5 Å². The van der Waals surface area contributed by atoms with E-state index >= 15 is 0 Å². The Hall–Kier alpha value is -4.71. The number of aliphatic carboxylic acids is 1. The van der Waals surface area contributed by atoms with Crippen molar-refractivity contribution in [2.75, 3.05) is 0 Å². The highest BCUT2D eigenvalue weighted by Gasteiger charge is 2.32. The Kier molecular flexibility index (Phi) is 11.0. The number of rotatable bonds is 14. The van der Waals surface area contributed by atoms with Crippen LogP contribution in [0, 0.1) is 5.92 Å². The number of benzene rings is 2. The molecule has 12 nitrogen and oxygen atoms in total. The van der Waals surface area contributed by atoms with Gasteiger partial charge in [-0.1, -0.05) is 56.3 Å². The van der Waals surface area contributed by atoms with Crippen LogP contribution in [-0.4, -0.2) is 68.0 Å². The van der Waals surface area contributed by atoms with Crippen molar-refractivity contribution in [3.63, 3.8) is 0 Å². The molecule has 41 heavy (non-hydrogen) atoms. The summed E-state index contributed by atoms with van der Waals surface area (Å²) in [6, 6.07) is 10.7. The van der Waals surface area contributed by atoms with Gasteiger partial charge in [-0.2, -0.15) is 0 Å². The molecule has 0 aliphatic carbocycles. The van der Waals surface area contributed by atoms with Gasteiger partial charge in [-0.3, -0.25) is 14.4 Å². The molecular formula is C29H36N6O6. The van der Waals surface area contributed by atoms with E-state index < -0.39 is 53.8 Å². The van der Waals surface area contributed by atoms with Gasteiger partial charge >= 0.3 is 5.97 Å². The Morgan fingerprint density at radius 2 is 1.44 bits per heavy atom. The Morgan fingerprint density at radius 1 is 0.829 bits per heavy atom. The van der Waals surface area contributed by atoms with Crippen molar-refractivity contribution in [1.29, 1.82) is 0 Å². The molecule has 3 aromatic rings. The lowest BCUT2D eigenvalue weighted by Crippen LogP contribution is -2.59. The molecule has 0 spiro atoms. The molecule has 12 heteroatoms. The minimum absolute atomic E-state index is 0.0268. The standard InChI is InChI=1S/C29H36N6O6/c1-17(2)25(28(39)34-24(29(40)41)13-19-8-10-21(36)11-9-19)35-27(38)23(12-18-6-4-3-5-7-18)33-26(37)22(30)14-20-15-31-16-32-20/h3-11,15-17,22-25,36H,12-14,30H2,1-2H3,(H,31,32)(H,33,37)(H,34,39)(H,35,38)(H,40,41). The van der Waals surface area contributed by atoms with E-state index in [4.69, 9.17) is 5.73 Å². The molecule has 3 amide bonds. The zero-order valence-electron chi connectivity index (χ0n) is 22.9. The molecule has 1 aromatic heterocycles. The number of aromatic nitrogens is 2. The van der Waals surface area contributed by atoms with Gasteiger partial charge in [0.2, 0.25) is 17.7 Å². The van der Waals surface area contributed by atoms with Crippen LogP contribution in [0.5, 0.6) is 5.75 Å². The maximum absolute atomic E-state index is 13.5. The summed E-state index contributed by atoms with van der Waals surface area (Å²) in [6.45, 7) is 3.43. The van der Waals surface area contributed by atoms with Crippen molar-refractivity contribution >= 4 is 23.7 Å². The summed E-state index contributed by atoms with van der Waals surface area (Å²) < 4.78 is 0. The number of amides is 3. The second-order valence-electron chi connectivity index (χ2n) is 10.1. The number of phenolic OH excluding ortho intramolecular Hbond substituents is 1. The summed E-state index contributed by atoms with van der Waals surface area (Å²) in [5.74, 6) is -3.47. The topological polar surface area (TPSA) is 200 Å². The third-order valence-electron chi connectivity index (χ3n) is 6.48. The molecule has 2 aromatic carbocycles. The van der Waals surface area contributed by atoms with Gasteiger partial charge in [-0.15, -0.1) is 0 Å². The normalized spacial score (nSPS) is 14.0. The van der Waals surface area contributed by atoms with Crippen molar-refractivity contribution in [3.8, 4) is 5.75 Å². The van der Waals surface area contributed by atoms with Crippen molar-refractivity contribution in [3.05, 3.63) is 83.9 Å². The van der Waals surface area contributed by atoms with Crippen molar-refractivity contribution < 1.29 is 29.4 Å². The molecular weight excluding hydrogens is 528 g/mol. The SMILES string of the molecule is CC(C)C(NC(=O)C(Cc1ccccc1)NC(=O)C(N)Cc1cnc[nH]1)C(=O)NC(Cc1ccc(O)cc1)C(=O)O. The summed E-state index contributed by atoms with van der Waals surface area (Å²) in [7, 11) is 0. The Balaban J connectivity index is 1.73. The van der Waals surface area contributed by atoms with Gasteiger partial charge in [0.05, 0.1) is 12.4 Å². The summed E-state index contributed by atoms with van der Waals surface area (Å²) in [5.41, 5.74) is 8.11. The number of nitrogens with two attached hydrogens (primary N) is 1. The number of nitrogens with one attached hydrogen (secondary N) is 4. The second kappa shape index (κ2) is 14.6. The molecule has 0 fully saturated rings. The first kappa shape index (κ1) is 30.8. The minimum Gasteiger partial charge on any atom is -0.508 e. The molecule has 0 aliphatic rings. The van der Waals surface area contributed by atoms with Crippen molar-refractivity contribution in [2.45, 2.75) is 57.3 Å². The molecule has 0 aliphatic heterocycles. The van der Waals surface area contributed by atoms with E-state index in [1.807, 2.05) is 18.2 Å². The minimum atomic E-state index is -1.27. The molecule has 8 N–H and O–H groups in total. The quantitative estimate of drug-likeness (QED) is 0.148. The predicted molar refractivity (Wildman–Crippen MR) is 150 cm³/mol. The molecule has 4 unspecified atom stereocenters. The van der Waals surface area contributed by atoms with Crippen LogP contribution in [0.15, 0.2) is 67.1 Å². The average molecular weight is 565 g/mol. The Labute approximate surface area is 237 Å². The largest absolute Gasteiger partial charge is 0.508 e. The van der Waals surface area contributed by atoms with E-state index in [-0.39, 0.29) is 25.0 Å². The number of H-pyrrole nitrogens is 1. The number of nitrogens with zero attached hydrogens (tertiary/aromatic N) is 1. The molecule has 3 rings (SSSR count). The number of hydrogen-bond acceptors (Lipinski definition) is 7. The smallest absolute Gasteiger partial charge is 0.326 e. The Morgan fingerprint density at radius 3 is 2.02 bits per heavy atom. The van der Waals surface area contributed by atoms with Crippen LogP contribution >= 0.6 is 0 Å². The summed E-state index contributed by atoms with van der Waals surface area (Å²) in [6.07, 6.45) is 3.32. The molecule has 0 radical (unpaired) electrons.